The van der Waals surface area contributed by atoms with Crippen molar-refractivity contribution in [2.24, 2.45) is 0 Å². The topological polar surface area (TPSA) is 74.4 Å². The van der Waals surface area contributed by atoms with Crippen LogP contribution in [-0.2, 0) is 0 Å². The van der Waals surface area contributed by atoms with Gasteiger partial charge in [-0.05, 0) is 104 Å². The number of aldehydes is 1. The minimum atomic E-state index is 0.639. The summed E-state index contributed by atoms with van der Waals surface area (Å²) in [4.78, 5) is 28.6. The van der Waals surface area contributed by atoms with Crippen LogP contribution in [0.4, 0.5) is 0 Å². The third-order valence-electron chi connectivity index (χ3n) is 7.66. The highest BCUT2D eigenvalue weighted by molar-refractivity contribution is 5.94. The lowest BCUT2D eigenvalue weighted by molar-refractivity contribution is 0.112. The Hall–Kier alpha value is -5.29. The van der Waals surface area contributed by atoms with Crippen molar-refractivity contribution < 1.29 is 4.79 Å². The van der Waals surface area contributed by atoms with Crippen LogP contribution in [0.3, 0.4) is 0 Å². The number of benzene rings is 2. The number of H-pyrrole nitrogens is 2. The Labute approximate surface area is 238 Å². The number of aromatic nitrogens is 4. The fourth-order valence-corrected chi connectivity index (χ4v) is 5.94. The van der Waals surface area contributed by atoms with Crippen molar-refractivity contribution in [3.8, 4) is 22.3 Å². The second-order valence-electron chi connectivity index (χ2n) is 10.7. The number of aromatic amines is 2. The van der Waals surface area contributed by atoms with Gasteiger partial charge in [-0.15, -0.1) is 0 Å². The van der Waals surface area contributed by atoms with Crippen molar-refractivity contribution in [3.63, 3.8) is 0 Å². The Kier molecular flexibility index (Phi) is 5.86. The van der Waals surface area contributed by atoms with E-state index in [-0.39, 0.29) is 0 Å². The third-order valence-corrected chi connectivity index (χ3v) is 7.66. The number of hydrogen-bond acceptors (Lipinski definition) is 3. The Morgan fingerprint density at radius 1 is 0.585 bits per heavy atom. The van der Waals surface area contributed by atoms with E-state index in [1.54, 1.807) is 0 Å². The molecule has 0 atom stereocenters. The highest BCUT2D eigenvalue weighted by Crippen LogP contribution is 2.35. The number of nitrogens with one attached hydrogen (secondary N) is 2. The molecule has 2 aliphatic rings. The normalized spacial score (nSPS) is 12.2. The maximum absolute atomic E-state index is 11.3. The van der Waals surface area contributed by atoms with Crippen LogP contribution < -0.4 is 0 Å². The average Bonchev–Trinajstić information content (AvgIpc) is 3.76. The van der Waals surface area contributed by atoms with Gasteiger partial charge in [-0.3, -0.25) is 4.79 Å². The quantitative estimate of drug-likeness (QED) is 0.223. The van der Waals surface area contributed by atoms with Gasteiger partial charge in [0.25, 0.3) is 0 Å². The van der Waals surface area contributed by atoms with Gasteiger partial charge in [-0.2, -0.15) is 0 Å². The Morgan fingerprint density at radius 3 is 1.68 bits per heavy atom. The lowest BCUT2D eigenvalue weighted by atomic mass is 9.92. The second-order valence-corrected chi connectivity index (χ2v) is 10.7. The van der Waals surface area contributed by atoms with Gasteiger partial charge < -0.3 is 9.97 Å². The molecular formula is C36H28N4O. The first-order chi connectivity index (χ1) is 19.9. The first-order valence-electron chi connectivity index (χ1n) is 13.7. The summed E-state index contributed by atoms with van der Waals surface area (Å²) in [5.41, 5.74) is 16.0. The molecule has 3 aromatic heterocycles. The predicted molar refractivity (Wildman–Crippen MR) is 169 cm³/mol. The molecule has 2 aliphatic heterocycles. The maximum Gasteiger partial charge on any atom is 0.150 e. The smallest absolute Gasteiger partial charge is 0.150 e. The predicted octanol–water partition coefficient (Wildman–Crippen LogP) is 8.73. The van der Waals surface area contributed by atoms with Gasteiger partial charge in [0.2, 0.25) is 0 Å². The molecule has 0 spiro atoms. The summed E-state index contributed by atoms with van der Waals surface area (Å²) >= 11 is 0. The molecule has 5 heteroatoms. The van der Waals surface area contributed by atoms with Crippen LogP contribution in [0.5, 0.6) is 0 Å². The van der Waals surface area contributed by atoms with E-state index in [9.17, 15) is 4.79 Å². The molecule has 0 fully saturated rings. The van der Waals surface area contributed by atoms with Crippen molar-refractivity contribution in [2.45, 2.75) is 20.8 Å². The van der Waals surface area contributed by atoms with Gasteiger partial charge in [0.05, 0.1) is 22.8 Å². The number of aryl methyl sites for hydroxylation is 3. The van der Waals surface area contributed by atoms with Crippen LogP contribution in [0.25, 0.3) is 68.6 Å². The molecule has 0 amide bonds. The average molecular weight is 533 g/mol. The van der Waals surface area contributed by atoms with E-state index in [0.717, 1.165) is 67.8 Å². The van der Waals surface area contributed by atoms with Gasteiger partial charge in [-0.1, -0.05) is 42.0 Å². The van der Waals surface area contributed by atoms with Crippen molar-refractivity contribution in [1.82, 2.24) is 19.9 Å². The number of rotatable bonds is 3. The Bertz CT molecular complexity index is 2070. The molecule has 0 radical (unpaired) electrons. The molecule has 2 aromatic carbocycles. The first kappa shape index (κ1) is 24.7. The van der Waals surface area contributed by atoms with Gasteiger partial charge >= 0.3 is 0 Å². The molecule has 5 heterocycles. The van der Waals surface area contributed by atoms with E-state index in [0.29, 0.717) is 5.56 Å². The number of carbonyl (C=O) groups excluding carboxylic acids is 1. The van der Waals surface area contributed by atoms with E-state index in [2.05, 4.69) is 91.4 Å². The van der Waals surface area contributed by atoms with Crippen LogP contribution in [0, 0.1) is 20.8 Å². The SMILES string of the molecule is Cc1cc(C)c(-c2c3nc(cc4ccc([nH]4)c(-c4ccc(C=O)cc4)c4nc(cc5ccc2[nH]5)C=C4)C=C3)c(C)c1. The van der Waals surface area contributed by atoms with Crippen LogP contribution in [-0.4, -0.2) is 26.2 Å². The first-order valence-corrected chi connectivity index (χ1v) is 13.7. The van der Waals surface area contributed by atoms with E-state index < -0.39 is 0 Å². The fraction of sp³-hybridized carbons (Fsp3) is 0.0833. The molecule has 5 nitrogen and oxygen atoms in total. The summed E-state index contributed by atoms with van der Waals surface area (Å²) in [5.74, 6) is 0. The minimum absolute atomic E-state index is 0.639. The van der Waals surface area contributed by atoms with Crippen molar-refractivity contribution in [3.05, 3.63) is 118 Å². The van der Waals surface area contributed by atoms with E-state index in [1.165, 1.54) is 22.3 Å². The molecule has 8 bridgehead atoms. The monoisotopic (exact) mass is 532 g/mol. The number of hydrogen-bond donors (Lipinski definition) is 2. The van der Waals surface area contributed by atoms with Gasteiger partial charge in [-0.25, -0.2) is 9.97 Å². The summed E-state index contributed by atoms with van der Waals surface area (Å²) < 4.78 is 0. The highest BCUT2D eigenvalue weighted by Gasteiger charge is 2.16. The number of nitrogens with zero attached hydrogens (tertiary/aromatic N) is 2. The molecule has 2 N–H and O–H groups in total. The molecule has 0 saturated heterocycles. The minimum Gasteiger partial charge on any atom is -0.355 e. The van der Waals surface area contributed by atoms with E-state index in [4.69, 9.17) is 9.97 Å². The standard InChI is InChI=1S/C36H28N4O/c1-21-16-22(2)34(23(3)17-21)36-32-14-10-28(39-32)18-26-8-12-30(37-26)35(25-6-4-24(20-41)5-7-25)31-13-9-27(38-31)19-29-11-15-33(36)40-29/h4-20,37,40H,1-3H3. The molecular weight excluding hydrogens is 504 g/mol. The summed E-state index contributed by atoms with van der Waals surface area (Å²) in [7, 11) is 0. The third kappa shape index (κ3) is 4.51. The largest absolute Gasteiger partial charge is 0.355 e. The lowest BCUT2D eigenvalue weighted by Crippen LogP contribution is -1.93. The van der Waals surface area contributed by atoms with Gasteiger partial charge in [0.15, 0.2) is 0 Å². The summed E-state index contributed by atoms with van der Waals surface area (Å²) in [5, 5.41) is 0. The van der Waals surface area contributed by atoms with Crippen molar-refractivity contribution in [2.75, 3.05) is 0 Å². The molecule has 41 heavy (non-hydrogen) atoms. The van der Waals surface area contributed by atoms with E-state index in [1.807, 2.05) is 36.4 Å². The van der Waals surface area contributed by atoms with Crippen molar-refractivity contribution in [1.29, 1.82) is 0 Å². The zero-order valence-electron chi connectivity index (χ0n) is 23.1. The van der Waals surface area contributed by atoms with Crippen LogP contribution >= 0.6 is 0 Å². The fourth-order valence-electron chi connectivity index (χ4n) is 5.94. The molecule has 198 valence electrons. The number of fused-ring (bicyclic) bond motifs is 8. The van der Waals surface area contributed by atoms with E-state index >= 15 is 0 Å². The molecule has 5 aromatic rings. The zero-order valence-corrected chi connectivity index (χ0v) is 23.1. The molecule has 7 rings (SSSR count). The Balaban J connectivity index is 1.56. The molecule has 0 unspecified atom stereocenters. The summed E-state index contributed by atoms with van der Waals surface area (Å²) in [6, 6.07) is 24.6. The molecule has 0 saturated carbocycles. The lowest BCUT2D eigenvalue weighted by Gasteiger charge is -2.13. The summed E-state index contributed by atoms with van der Waals surface area (Å²) in [6.07, 6.45) is 9.10. The number of carbonyl (C=O) groups is 1. The summed E-state index contributed by atoms with van der Waals surface area (Å²) in [6.45, 7) is 6.48. The highest BCUT2D eigenvalue weighted by atomic mass is 16.1. The second kappa shape index (κ2) is 9.72. The zero-order chi connectivity index (χ0) is 28.1. The Morgan fingerprint density at radius 2 is 1.12 bits per heavy atom. The maximum atomic E-state index is 11.3. The van der Waals surface area contributed by atoms with Crippen LogP contribution in [0.2, 0.25) is 0 Å². The molecule has 0 aliphatic carbocycles. The van der Waals surface area contributed by atoms with Crippen LogP contribution in [0.1, 0.15) is 49.8 Å². The van der Waals surface area contributed by atoms with Gasteiger partial charge in [0, 0.05) is 38.8 Å². The van der Waals surface area contributed by atoms with Crippen molar-refractivity contribution >= 4 is 52.7 Å². The van der Waals surface area contributed by atoms with Crippen LogP contribution in [0.15, 0.2) is 72.8 Å². The van der Waals surface area contributed by atoms with Gasteiger partial charge in [0.1, 0.15) is 6.29 Å².